The molecule has 0 fully saturated rings. The molecule has 1 aromatic heterocycles. The number of hydrogen-bond donors (Lipinski definition) is 1. The number of amides is 1. The molecule has 0 saturated carbocycles. The summed E-state index contributed by atoms with van der Waals surface area (Å²) in [5.74, 6) is 0.623. The highest BCUT2D eigenvalue weighted by atomic mass is 35.5. The largest absolute Gasteiger partial charge is 0.489 e. The fraction of sp³-hybridized carbons (Fsp3) is 0.105. The Balaban J connectivity index is 1.72. The second-order valence-electron chi connectivity index (χ2n) is 5.29. The van der Waals surface area contributed by atoms with E-state index in [1.54, 1.807) is 18.2 Å². The molecule has 0 aliphatic rings. The van der Waals surface area contributed by atoms with Crippen LogP contribution < -0.4 is 10.1 Å². The van der Waals surface area contributed by atoms with E-state index in [0.717, 1.165) is 11.3 Å². The highest BCUT2D eigenvalue weighted by Crippen LogP contribution is 2.22. The van der Waals surface area contributed by atoms with Crippen molar-refractivity contribution in [3.05, 3.63) is 82.8 Å². The van der Waals surface area contributed by atoms with Crippen LogP contribution in [-0.4, -0.2) is 5.91 Å². The zero-order chi connectivity index (χ0) is 16.9. The molecular formula is C19H16ClNO3. The van der Waals surface area contributed by atoms with Gasteiger partial charge in [-0.05, 0) is 42.8 Å². The highest BCUT2D eigenvalue weighted by molar-refractivity contribution is 6.31. The summed E-state index contributed by atoms with van der Waals surface area (Å²) in [6.07, 6.45) is 1.48. The van der Waals surface area contributed by atoms with Crippen molar-refractivity contribution in [2.45, 2.75) is 13.5 Å². The maximum absolute atomic E-state index is 12.5. The first-order valence-electron chi connectivity index (χ1n) is 7.45. The summed E-state index contributed by atoms with van der Waals surface area (Å²) in [6, 6.07) is 16.5. The lowest BCUT2D eigenvalue weighted by Gasteiger charge is -2.09. The number of para-hydroxylation sites is 1. The molecule has 1 amide bonds. The number of halogens is 1. The Hall–Kier alpha value is -2.72. The van der Waals surface area contributed by atoms with Gasteiger partial charge in [-0.25, -0.2) is 0 Å². The molecule has 0 bridgehead atoms. The van der Waals surface area contributed by atoms with Crippen molar-refractivity contribution in [1.29, 1.82) is 0 Å². The van der Waals surface area contributed by atoms with Crippen LogP contribution in [0.15, 0.2) is 65.3 Å². The molecule has 0 atom stereocenters. The minimum absolute atomic E-state index is 0.227. The lowest BCUT2D eigenvalue weighted by atomic mass is 10.2. The lowest BCUT2D eigenvalue weighted by Crippen LogP contribution is -2.14. The summed E-state index contributed by atoms with van der Waals surface area (Å²) < 4.78 is 11.0. The fourth-order valence-electron chi connectivity index (χ4n) is 2.23. The molecule has 0 aliphatic heterocycles. The van der Waals surface area contributed by atoms with Gasteiger partial charge in [-0.3, -0.25) is 4.79 Å². The monoisotopic (exact) mass is 341 g/mol. The first-order valence-corrected chi connectivity index (χ1v) is 7.83. The van der Waals surface area contributed by atoms with Gasteiger partial charge in [-0.2, -0.15) is 0 Å². The maximum atomic E-state index is 12.5. The van der Waals surface area contributed by atoms with Crippen LogP contribution >= 0.6 is 11.6 Å². The molecule has 0 spiro atoms. The first kappa shape index (κ1) is 16.1. The number of benzene rings is 2. The Labute approximate surface area is 145 Å². The molecule has 0 aliphatic carbocycles. The highest BCUT2D eigenvalue weighted by Gasteiger charge is 2.17. The molecular weight excluding hydrogens is 326 g/mol. The smallest absolute Gasteiger partial charge is 0.291 e. The number of furan rings is 1. The van der Waals surface area contributed by atoms with Crippen molar-refractivity contribution < 1.29 is 13.9 Å². The van der Waals surface area contributed by atoms with Crippen LogP contribution in [-0.2, 0) is 6.61 Å². The van der Waals surface area contributed by atoms with Crippen molar-refractivity contribution in [3.63, 3.8) is 0 Å². The van der Waals surface area contributed by atoms with E-state index in [1.807, 2.05) is 43.3 Å². The molecule has 1 N–H and O–H groups in total. The Morgan fingerprint density at radius 2 is 1.96 bits per heavy atom. The second-order valence-corrected chi connectivity index (χ2v) is 5.73. The van der Waals surface area contributed by atoms with Crippen molar-refractivity contribution in [2.75, 3.05) is 5.32 Å². The summed E-state index contributed by atoms with van der Waals surface area (Å²) >= 11 is 5.98. The van der Waals surface area contributed by atoms with E-state index < -0.39 is 0 Å². The first-order chi connectivity index (χ1) is 11.6. The topological polar surface area (TPSA) is 51.5 Å². The molecule has 122 valence electrons. The van der Waals surface area contributed by atoms with Gasteiger partial charge in [0.15, 0.2) is 5.76 Å². The number of carbonyl (C=O) groups excluding carboxylic acids is 1. The van der Waals surface area contributed by atoms with E-state index in [0.29, 0.717) is 16.3 Å². The predicted octanol–water partition coefficient (Wildman–Crippen LogP) is 5.07. The standard InChI is InChI=1S/C19H16ClNO3/c1-13-7-8-15(20)11-17(13)21-19(22)18-14(9-10-23-18)12-24-16-5-3-2-4-6-16/h2-11H,12H2,1H3,(H,21,22). The summed E-state index contributed by atoms with van der Waals surface area (Å²) in [5.41, 5.74) is 2.25. The van der Waals surface area contributed by atoms with Crippen LogP contribution in [0, 0.1) is 6.92 Å². The molecule has 0 radical (unpaired) electrons. The third kappa shape index (κ3) is 3.78. The van der Waals surface area contributed by atoms with Gasteiger partial charge in [0.1, 0.15) is 12.4 Å². The molecule has 4 nitrogen and oxygen atoms in total. The van der Waals surface area contributed by atoms with E-state index in [2.05, 4.69) is 5.32 Å². The van der Waals surface area contributed by atoms with Crippen LogP contribution in [0.1, 0.15) is 21.7 Å². The van der Waals surface area contributed by atoms with Crippen molar-refractivity contribution in [1.82, 2.24) is 0 Å². The summed E-state index contributed by atoms with van der Waals surface area (Å²) in [6.45, 7) is 2.14. The zero-order valence-electron chi connectivity index (χ0n) is 13.1. The Morgan fingerprint density at radius 1 is 1.17 bits per heavy atom. The molecule has 2 aromatic carbocycles. The number of carbonyl (C=O) groups is 1. The summed E-state index contributed by atoms with van der Waals surface area (Å²) in [4.78, 5) is 12.5. The SMILES string of the molecule is Cc1ccc(Cl)cc1NC(=O)c1occc1COc1ccccc1. The van der Waals surface area contributed by atoms with Gasteiger partial charge < -0.3 is 14.5 Å². The second kappa shape index (κ2) is 7.23. The van der Waals surface area contributed by atoms with E-state index >= 15 is 0 Å². The van der Waals surface area contributed by atoms with Gasteiger partial charge in [0.2, 0.25) is 0 Å². The average molecular weight is 342 g/mol. The van der Waals surface area contributed by atoms with Gasteiger partial charge in [-0.1, -0.05) is 35.9 Å². The molecule has 0 unspecified atom stereocenters. The van der Waals surface area contributed by atoms with Gasteiger partial charge in [-0.15, -0.1) is 0 Å². The number of aryl methyl sites for hydroxylation is 1. The van der Waals surface area contributed by atoms with Crippen molar-refractivity contribution >= 4 is 23.2 Å². The van der Waals surface area contributed by atoms with E-state index in [-0.39, 0.29) is 18.3 Å². The van der Waals surface area contributed by atoms with Gasteiger partial charge >= 0.3 is 0 Å². The maximum Gasteiger partial charge on any atom is 0.291 e. The number of rotatable bonds is 5. The quantitative estimate of drug-likeness (QED) is 0.704. The predicted molar refractivity (Wildman–Crippen MR) is 93.6 cm³/mol. The minimum atomic E-state index is -0.336. The molecule has 24 heavy (non-hydrogen) atoms. The van der Waals surface area contributed by atoms with Crippen molar-refractivity contribution in [3.8, 4) is 5.75 Å². The normalized spacial score (nSPS) is 10.4. The van der Waals surface area contributed by atoms with Crippen LogP contribution in [0.25, 0.3) is 0 Å². The fourth-order valence-corrected chi connectivity index (χ4v) is 2.41. The molecule has 5 heteroatoms. The van der Waals surface area contributed by atoms with E-state index in [4.69, 9.17) is 20.8 Å². The average Bonchev–Trinajstić information content (AvgIpc) is 3.06. The van der Waals surface area contributed by atoms with Crippen LogP contribution in [0.3, 0.4) is 0 Å². The van der Waals surface area contributed by atoms with Gasteiger partial charge in [0.25, 0.3) is 5.91 Å². The number of nitrogens with one attached hydrogen (secondary N) is 1. The summed E-state index contributed by atoms with van der Waals surface area (Å²) in [5, 5.41) is 3.38. The minimum Gasteiger partial charge on any atom is -0.489 e. The lowest BCUT2D eigenvalue weighted by molar-refractivity contribution is 0.0993. The van der Waals surface area contributed by atoms with E-state index in [1.165, 1.54) is 6.26 Å². The van der Waals surface area contributed by atoms with E-state index in [9.17, 15) is 4.79 Å². The Bertz CT molecular complexity index is 843. The van der Waals surface area contributed by atoms with Gasteiger partial charge in [0.05, 0.1) is 6.26 Å². The Morgan fingerprint density at radius 3 is 2.75 bits per heavy atom. The van der Waals surface area contributed by atoms with Crippen LogP contribution in [0.2, 0.25) is 5.02 Å². The molecule has 1 heterocycles. The molecule has 3 rings (SSSR count). The third-order valence-corrected chi connectivity index (χ3v) is 3.77. The van der Waals surface area contributed by atoms with Gasteiger partial charge in [0, 0.05) is 16.3 Å². The molecule has 0 saturated heterocycles. The Kier molecular flexibility index (Phi) is 4.87. The number of ether oxygens (including phenoxy) is 1. The third-order valence-electron chi connectivity index (χ3n) is 3.54. The number of anilines is 1. The van der Waals surface area contributed by atoms with Crippen LogP contribution in [0.4, 0.5) is 5.69 Å². The number of hydrogen-bond acceptors (Lipinski definition) is 3. The van der Waals surface area contributed by atoms with Crippen molar-refractivity contribution in [2.24, 2.45) is 0 Å². The summed E-state index contributed by atoms with van der Waals surface area (Å²) in [7, 11) is 0. The molecule has 3 aromatic rings. The zero-order valence-corrected chi connectivity index (χ0v) is 13.8. The van der Waals surface area contributed by atoms with Crippen LogP contribution in [0.5, 0.6) is 5.75 Å².